The molecule has 0 atom stereocenters. The highest BCUT2D eigenvalue weighted by Gasteiger charge is 2.13. The zero-order chi connectivity index (χ0) is 21.0. The lowest BCUT2D eigenvalue weighted by molar-refractivity contribution is 0.601. The molecule has 0 spiro atoms. The van der Waals surface area contributed by atoms with E-state index in [2.05, 4.69) is 15.4 Å². The zero-order valence-electron chi connectivity index (χ0n) is 15.9. The molecule has 8 heteroatoms. The topological polar surface area (TPSA) is 70.2 Å². The summed E-state index contributed by atoms with van der Waals surface area (Å²) < 4.78 is 27.5. The number of anilines is 3. The molecule has 3 N–H and O–H groups in total. The molecule has 0 heterocycles. The second kappa shape index (κ2) is 8.82. The maximum Gasteiger partial charge on any atom is 0.261 e. The summed E-state index contributed by atoms with van der Waals surface area (Å²) in [6.45, 7) is 3.83. The molecule has 0 saturated carbocycles. The maximum absolute atomic E-state index is 12.5. The first-order valence-corrected chi connectivity index (χ1v) is 11.0. The molecule has 0 aliphatic heterocycles. The predicted molar refractivity (Wildman–Crippen MR) is 124 cm³/mol. The smallest absolute Gasteiger partial charge is 0.261 e. The van der Waals surface area contributed by atoms with Crippen LogP contribution in [0.4, 0.5) is 17.1 Å². The molecule has 3 aromatic carbocycles. The molecule has 0 aliphatic carbocycles. The Bertz CT molecular complexity index is 1130. The van der Waals surface area contributed by atoms with Gasteiger partial charge in [-0.05, 0) is 80.2 Å². The number of benzene rings is 3. The fourth-order valence-electron chi connectivity index (χ4n) is 2.52. The fraction of sp³-hybridized carbons (Fsp3) is 0.0952. The van der Waals surface area contributed by atoms with Crippen molar-refractivity contribution in [3.63, 3.8) is 0 Å². The zero-order valence-corrected chi connectivity index (χ0v) is 18.3. The molecule has 5 nitrogen and oxygen atoms in total. The number of rotatable bonds is 5. The summed E-state index contributed by atoms with van der Waals surface area (Å²) in [4.78, 5) is 0.215. The van der Waals surface area contributed by atoms with Crippen molar-refractivity contribution >= 4 is 56.0 Å². The summed E-state index contributed by atoms with van der Waals surface area (Å²) in [7, 11) is -3.64. The molecule has 0 aliphatic rings. The highest BCUT2D eigenvalue weighted by atomic mass is 35.5. The summed E-state index contributed by atoms with van der Waals surface area (Å²) in [6.07, 6.45) is 0. The Kier molecular flexibility index (Phi) is 6.42. The summed E-state index contributed by atoms with van der Waals surface area (Å²) >= 11 is 11.4. The lowest BCUT2D eigenvalue weighted by Crippen LogP contribution is -2.19. The van der Waals surface area contributed by atoms with Crippen LogP contribution in [0.1, 0.15) is 11.1 Å². The average Bonchev–Trinajstić information content (AvgIpc) is 2.66. The quantitative estimate of drug-likeness (QED) is 0.448. The summed E-state index contributed by atoms with van der Waals surface area (Å²) in [5.74, 6) is 0. The van der Waals surface area contributed by atoms with E-state index in [0.717, 1.165) is 22.5 Å². The van der Waals surface area contributed by atoms with E-state index in [4.69, 9.17) is 23.8 Å². The molecule has 0 aromatic heterocycles. The van der Waals surface area contributed by atoms with Crippen molar-refractivity contribution in [2.24, 2.45) is 0 Å². The number of aryl methyl sites for hydroxylation is 2. The van der Waals surface area contributed by atoms with Crippen LogP contribution >= 0.6 is 23.8 Å². The molecule has 29 heavy (non-hydrogen) atoms. The minimum absolute atomic E-state index is 0.215. The van der Waals surface area contributed by atoms with Crippen molar-refractivity contribution in [3.05, 3.63) is 82.9 Å². The third-order valence-electron chi connectivity index (χ3n) is 4.16. The van der Waals surface area contributed by atoms with Crippen molar-refractivity contribution in [1.29, 1.82) is 0 Å². The van der Waals surface area contributed by atoms with Gasteiger partial charge in [0.1, 0.15) is 0 Å². The number of sulfonamides is 1. The van der Waals surface area contributed by atoms with E-state index < -0.39 is 10.0 Å². The Morgan fingerprint density at radius 3 is 2.00 bits per heavy atom. The fourth-order valence-corrected chi connectivity index (χ4v) is 3.99. The van der Waals surface area contributed by atoms with Crippen LogP contribution in [-0.2, 0) is 10.0 Å². The number of hydrogen-bond acceptors (Lipinski definition) is 3. The van der Waals surface area contributed by atoms with E-state index in [1.807, 2.05) is 26.0 Å². The minimum atomic E-state index is -3.64. The van der Waals surface area contributed by atoms with Gasteiger partial charge in [0.25, 0.3) is 10.0 Å². The minimum Gasteiger partial charge on any atom is -0.332 e. The van der Waals surface area contributed by atoms with Gasteiger partial charge in [0, 0.05) is 22.1 Å². The van der Waals surface area contributed by atoms with Gasteiger partial charge in [-0.1, -0.05) is 35.4 Å². The van der Waals surface area contributed by atoms with Gasteiger partial charge in [0.05, 0.1) is 4.90 Å². The number of hydrogen-bond donors (Lipinski definition) is 3. The van der Waals surface area contributed by atoms with E-state index in [1.165, 1.54) is 0 Å². The van der Waals surface area contributed by atoms with Gasteiger partial charge >= 0.3 is 0 Å². The monoisotopic (exact) mass is 445 g/mol. The highest BCUT2D eigenvalue weighted by Crippen LogP contribution is 2.21. The first kappa shape index (κ1) is 21.1. The van der Waals surface area contributed by atoms with E-state index >= 15 is 0 Å². The largest absolute Gasteiger partial charge is 0.332 e. The van der Waals surface area contributed by atoms with Crippen molar-refractivity contribution in [2.75, 3.05) is 15.4 Å². The lowest BCUT2D eigenvalue weighted by atomic mass is 10.2. The van der Waals surface area contributed by atoms with Crippen LogP contribution < -0.4 is 15.4 Å². The van der Waals surface area contributed by atoms with Gasteiger partial charge in [-0.15, -0.1) is 0 Å². The lowest BCUT2D eigenvalue weighted by Gasteiger charge is -2.12. The number of nitrogens with one attached hydrogen (secondary N) is 3. The van der Waals surface area contributed by atoms with Gasteiger partial charge in [-0.2, -0.15) is 0 Å². The molecule has 0 radical (unpaired) electrons. The Labute approximate surface area is 181 Å². The molecule has 3 aromatic rings. The molecule has 0 saturated heterocycles. The van der Waals surface area contributed by atoms with Gasteiger partial charge in [-0.25, -0.2) is 8.42 Å². The first-order valence-electron chi connectivity index (χ1n) is 8.77. The average molecular weight is 446 g/mol. The number of halogens is 1. The van der Waals surface area contributed by atoms with Crippen LogP contribution in [0.5, 0.6) is 0 Å². The van der Waals surface area contributed by atoms with Crippen molar-refractivity contribution in [3.8, 4) is 0 Å². The molecule has 0 fully saturated rings. The van der Waals surface area contributed by atoms with Crippen LogP contribution in [0.15, 0.2) is 71.6 Å². The summed E-state index contributed by atoms with van der Waals surface area (Å²) in [5.41, 5.74) is 3.94. The van der Waals surface area contributed by atoms with Crippen LogP contribution in [-0.4, -0.2) is 13.5 Å². The van der Waals surface area contributed by atoms with Crippen molar-refractivity contribution in [1.82, 2.24) is 0 Å². The molecule has 150 valence electrons. The summed E-state index contributed by atoms with van der Waals surface area (Å²) in [6, 6.07) is 19.1. The molecular weight excluding hydrogens is 426 g/mol. The highest BCUT2D eigenvalue weighted by molar-refractivity contribution is 7.92. The molecule has 0 bridgehead atoms. The van der Waals surface area contributed by atoms with Crippen molar-refractivity contribution in [2.45, 2.75) is 18.7 Å². The van der Waals surface area contributed by atoms with E-state index in [-0.39, 0.29) is 4.90 Å². The second-order valence-electron chi connectivity index (χ2n) is 6.54. The third-order valence-corrected chi connectivity index (χ3v) is 6.16. The van der Waals surface area contributed by atoms with Crippen LogP contribution in [0.2, 0.25) is 5.02 Å². The molecule has 0 unspecified atom stereocenters. The predicted octanol–water partition coefficient (Wildman–Crippen LogP) is 5.57. The molecule has 3 rings (SSSR count). The molecular formula is C21H20ClN3O2S2. The van der Waals surface area contributed by atoms with Gasteiger partial charge < -0.3 is 10.6 Å². The van der Waals surface area contributed by atoms with E-state index in [9.17, 15) is 8.42 Å². The van der Waals surface area contributed by atoms with Crippen LogP contribution in [0.3, 0.4) is 0 Å². The third kappa shape index (κ3) is 5.69. The normalized spacial score (nSPS) is 11.0. The van der Waals surface area contributed by atoms with E-state index in [1.54, 1.807) is 54.6 Å². The Morgan fingerprint density at radius 2 is 1.38 bits per heavy atom. The van der Waals surface area contributed by atoms with E-state index in [0.29, 0.717) is 15.8 Å². The standard InChI is InChI=1S/C21H20ClN3O2S2/c1-14-3-11-19(12-4-14)29(26,27)25-17-9-7-16(8-10-17)23-21(28)24-18-6-5-15(2)20(22)13-18/h3-13,25H,1-2H3,(H2,23,24,28). The first-order chi connectivity index (χ1) is 13.7. The molecule has 0 amide bonds. The Morgan fingerprint density at radius 1 is 0.828 bits per heavy atom. The Balaban J connectivity index is 1.63. The SMILES string of the molecule is Cc1ccc(S(=O)(=O)Nc2ccc(NC(=S)Nc3ccc(C)c(Cl)c3)cc2)cc1. The van der Waals surface area contributed by atoms with Gasteiger partial charge in [-0.3, -0.25) is 4.72 Å². The number of thiocarbonyl (C=S) groups is 1. The van der Waals surface area contributed by atoms with Gasteiger partial charge in [0.2, 0.25) is 0 Å². The summed E-state index contributed by atoms with van der Waals surface area (Å²) in [5, 5.41) is 7.17. The second-order valence-corrected chi connectivity index (χ2v) is 9.04. The maximum atomic E-state index is 12.5. The van der Waals surface area contributed by atoms with Crippen LogP contribution in [0, 0.1) is 13.8 Å². The van der Waals surface area contributed by atoms with Crippen LogP contribution in [0.25, 0.3) is 0 Å². The van der Waals surface area contributed by atoms with Crippen molar-refractivity contribution < 1.29 is 8.42 Å². The van der Waals surface area contributed by atoms with Gasteiger partial charge in [0.15, 0.2) is 5.11 Å². The Hall–Kier alpha value is -2.61.